The van der Waals surface area contributed by atoms with Gasteiger partial charge in [-0.1, -0.05) is 29.3 Å². The van der Waals surface area contributed by atoms with Crippen molar-refractivity contribution in [3.05, 3.63) is 63.6 Å². The van der Waals surface area contributed by atoms with Crippen molar-refractivity contribution in [3.8, 4) is 5.75 Å². The van der Waals surface area contributed by atoms with E-state index in [0.29, 0.717) is 46.4 Å². The smallest absolute Gasteiger partial charge is 0.308 e. The molecule has 2 rings (SSSR count). The minimum Gasteiger partial charge on any atom is -0.427 e. The molecule has 0 unspecified atom stereocenters. The van der Waals surface area contributed by atoms with Crippen LogP contribution < -0.4 is 15.4 Å². The number of amides is 2. The third-order valence-corrected chi connectivity index (χ3v) is 4.20. The minimum absolute atomic E-state index is 0.269. The van der Waals surface area contributed by atoms with Gasteiger partial charge in [0, 0.05) is 31.1 Å². The second kappa shape index (κ2) is 9.94. The second-order valence-corrected chi connectivity index (χ2v) is 6.43. The maximum absolute atomic E-state index is 12.1. The van der Waals surface area contributed by atoms with Gasteiger partial charge in [0.25, 0.3) is 11.8 Å². The van der Waals surface area contributed by atoms with Crippen LogP contribution in [0.15, 0.2) is 42.5 Å². The third kappa shape index (κ3) is 6.58. The number of nitrogens with one attached hydrogen (secondary N) is 2. The Labute approximate surface area is 166 Å². The van der Waals surface area contributed by atoms with Gasteiger partial charge in [0.05, 0.1) is 10.0 Å². The van der Waals surface area contributed by atoms with E-state index in [1.54, 1.807) is 30.3 Å². The Hall–Kier alpha value is -2.57. The van der Waals surface area contributed by atoms with E-state index in [2.05, 4.69) is 10.6 Å². The Morgan fingerprint density at radius 1 is 0.889 bits per heavy atom. The fraction of sp³-hybridized carbons (Fsp3) is 0.211. The minimum atomic E-state index is -0.453. The summed E-state index contributed by atoms with van der Waals surface area (Å²) in [4.78, 5) is 35.1. The molecule has 2 N–H and O–H groups in total. The van der Waals surface area contributed by atoms with Crippen LogP contribution in [0.1, 0.15) is 34.1 Å². The molecule has 0 aromatic heterocycles. The van der Waals surface area contributed by atoms with Crippen LogP contribution in [-0.2, 0) is 4.79 Å². The van der Waals surface area contributed by atoms with Crippen LogP contribution in [0.4, 0.5) is 0 Å². The highest BCUT2D eigenvalue weighted by Crippen LogP contribution is 2.22. The molecule has 0 heterocycles. The van der Waals surface area contributed by atoms with Gasteiger partial charge < -0.3 is 15.4 Å². The molecule has 0 spiro atoms. The Balaban J connectivity index is 1.74. The van der Waals surface area contributed by atoms with Gasteiger partial charge in [-0.15, -0.1) is 0 Å². The lowest BCUT2D eigenvalue weighted by Crippen LogP contribution is -2.29. The standard InChI is InChI=1S/C19H18Cl2N2O4/c1-12(24)27-15-5-2-4-13(10-15)18(25)22-8-3-9-23-19(26)14-6-7-16(20)17(21)11-14/h2,4-7,10-11H,3,8-9H2,1H3,(H,22,25)(H,23,26). The van der Waals surface area contributed by atoms with Crippen LogP contribution in [-0.4, -0.2) is 30.9 Å². The second-order valence-electron chi connectivity index (χ2n) is 5.62. The van der Waals surface area contributed by atoms with Gasteiger partial charge in [0.15, 0.2) is 0 Å². The molecular formula is C19H18Cl2N2O4. The van der Waals surface area contributed by atoms with Crippen molar-refractivity contribution >= 4 is 41.0 Å². The lowest BCUT2D eigenvalue weighted by molar-refractivity contribution is -0.131. The monoisotopic (exact) mass is 408 g/mol. The van der Waals surface area contributed by atoms with E-state index < -0.39 is 5.97 Å². The molecule has 0 radical (unpaired) electrons. The summed E-state index contributed by atoms with van der Waals surface area (Å²) < 4.78 is 4.95. The Morgan fingerprint density at radius 2 is 1.52 bits per heavy atom. The molecule has 0 aliphatic heterocycles. The largest absolute Gasteiger partial charge is 0.427 e. The number of ether oxygens (including phenoxy) is 1. The lowest BCUT2D eigenvalue weighted by Gasteiger charge is -2.08. The fourth-order valence-corrected chi connectivity index (χ4v) is 2.50. The highest BCUT2D eigenvalue weighted by atomic mass is 35.5. The van der Waals surface area contributed by atoms with Gasteiger partial charge >= 0.3 is 5.97 Å². The summed E-state index contributed by atoms with van der Waals surface area (Å²) in [6.45, 7) is 2.05. The predicted molar refractivity (Wildman–Crippen MR) is 103 cm³/mol. The van der Waals surface area contributed by atoms with Crippen LogP contribution >= 0.6 is 23.2 Å². The van der Waals surface area contributed by atoms with Crippen molar-refractivity contribution in [3.63, 3.8) is 0 Å². The molecule has 0 aliphatic rings. The van der Waals surface area contributed by atoms with E-state index in [1.165, 1.54) is 19.1 Å². The first-order chi connectivity index (χ1) is 12.9. The molecule has 27 heavy (non-hydrogen) atoms. The molecule has 0 aliphatic carbocycles. The fourth-order valence-electron chi connectivity index (χ4n) is 2.20. The van der Waals surface area contributed by atoms with Gasteiger partial charge in [-0.05, 0) is 42.8 Å². The van der Waals surface area contributed by atoms with Gasteiger partial charge in [-0.2, -0.15) is 0 Å². The normalized spacial score (nSPS) is 10.2. The average Bonchev–Trinajstić information content (AvgIpc) is 2.63. The number of halogens is 2. The van der Waals surface area contributed by atoms with Gasteiger partial charge in [0.2, 0.25) is 0 Å². The van der Waals surface area contributed by atoms with Crippen LogP contribution in [0.25, 0.3) is 0 Å². The Morgan fingerprint density at radius 3 is 2.11 bits per heavy atom. The lowest BCUT2D eigenvalue weighted by atomic mass is 10.2. The van der Waals surface area contributed by atoms with Crippen LogP contribution in [0.3, 0.4) is 0 Å². The van der Waals surface area contributed by atoms with Crippen molar-refractivity contribution in [2.75, 3.05) is 13.1 Å². The summed E-state index contributed by atoms with van der Waals surface area (Å²) >= 11 is 11.7. The quantitative estimate of drug-likeness (QED) is 0.417. The van der Waals surface area contributed by atoms with Crippen LogP contribution in [0, 0.1) is 0 Å². The zero-order valence-corrected chi connectivity index (χ0v) is 16.1. The van der Waals surface area contributed by atoms with E-state index >= 15 is 0 Å². The molecule has 0 saturated carbocycles. The van der Waals surface area contributed by atoms with Gasteiger partial charge in [-0.25, -0.2) is 0 Å². The van der Waals surface area contributed by atoms with Crippen LogP contribution in [0.5, 0.6) is 5.75 Å². The maximum atomic E-state index is 12.1. The SMILES string of the molecule is CC(=O)Oc1cccc(C(=O)NCCCNC(=O)c2ccc(Cl)c(Cl)c2)c1. The molecular weight excluding hydrogens is 391 g/mol. The summed E-state index contributed by atoms with van der Waals surface area (Å²) in [5.74, 6) is -0.705. The average molecular weight is 409 g/mol. The van der Waals surface area contributed by atoms with E-state index in [1.807, 2.05) is 0 Å². The van der Waals surface area contributed by atoms with E-state index in [4.69, 9.17) is 27.9 Å². The summed E-state index contributed by atoms with van der Waals surface area (Å²) in [5.41, 5.74) is 0.796. The first-order valence-corrected chi connectivity index (χ1v) is 8.92. The molecule has 142 valence electrons. The zero-order valence-electron chi connectivity index (χ0n) is 14.6. The van der Waals surface area contributed by atoms with Gasteiger partial charge in [0.1, 0.15) is 5.75 Å². The van der Waals surface area contributed by atoms with Crippen molar-refractivity contribution in [1.82, 2.24) is 10.6 Å². The Kier molecular flexibility index (Phi) is 7.64. The summed E-state index contributed by atoms with van der Waals surface area (Å²) in [7, 11) is 0. The predicted octanol–water partition coefficient (Wildman–Crippen LogP) is 3.47. The molecule has 0 saturated heterocycles. The molecule has 0 fully saturated rings. The van der Waals surface area contributed by atoms with Crippen molar-refractivity contribution in [2.45, 2.75) is 13.3 Å². The van der Waals surface area contributed by atoms with Crippen molar-refractivity contribution in [2.24, 2.45) is 0 Å². The molecule has 6 nitrogen and oxygen atoms in total. The number of hydrogen-bond acceptors (Lipinski definition) is 4. The summed E-state index contributed by atoms with van der Waals surface area (Å²) in [5, 5.41) is 6.18. The number of rotatable bonds is 7. The number of carbonyl (C=O) groups is 3. The van der Waals surface area contributed by atoms with Gasteiger partial charge in [-0.3, -0.25) is 14.4 Å². The molecule has 2 aromatic carbocycles. The zero-order chi connectivity index (χ0) is 19.8. The maximum Gasteiger partial charge on any atom is 0.308 e. The highest BCUT2D eigenvalue weighted by molar-refractivity contribution is 6.42. The number of esters is 1. The van der Waals surface area contributed by atoms with Crippen LogP contribution in [0.2, 0.25) is 10.0 Å². The molecule has 0 bridgehead atoms. The van der Waals surface area contributed by atoms with E-state index in [9.17, 15) is 14.4 Å². The first kappa shape index (κ1) is 20.7. The van der Waals surface area contributed by atoms with E-state index in [0.717, 1.165) is 0 Å². The number of hydrogen-bond donors (Lipinski definition) is 2. The molecule has 0 atom stereocenters. The topological polar surface area (TPSA) is 84.5 Å². The van der Waals surface area contributed by atoms with Crippen molar-refractivity contribution < 1.29 is 19.1 Å². The summed E-state index contributed by atoms with van der Waals surface area (Å²) in [6, 6.07) is 11.0. The Bertz CT molecular complexity index is 855. The number of benzene rings is 2. The van der Waals surface area contributed by atoms with E-state index in [-0.39, 0.29) is 11.8 Å². The van der Waals surface area contributed by atoms with Crippen molar-refractivity contribution in [1.29, 1.82) is 0 Å². The first-order valence-electron chi connectivity index (χ1n) is 8.17. The molecule has 8 heteroatoms. The molecule has 2 amide bonds. The number of carbonyl (C=O) groups excluding carboxylic acids is 3. The third-order valence-electron chi connectivity index (χ3n) is 3.46. The highest BCUT2D eigenvalue weighted by Gasteiger charge is 2.09. The summed E-state index contributed by atoms with van der Waals surface area (Å²) in [6.07, 6.45) is 0.544. The molecule has 2 aromatic rings.